The first-order valence-corrected chi connectivity index (χ1v) is 28.0. The number of benzene rings is 4. The van der Waals surface area contributed by atoms with E-state index in [9.17, 15) is 20.1 Å². The van der Waals surface area contributed by atoms with Crippen LogP contribution in [0.2, 0.25) is 0 Å². The number of hydrogen-bond acceptors (Lipinski definition) is 11. The molecule has 4 heterocycles. The number of hydrogen-bond donors (Lipinski definition) is 3. The largest absolute Gasteiger partial charge is 0.483 e. The molecule has 6 aliphatic rings. The van der Waals surface area contributed by atoms with Gasteiger partial charge in [0, 0.05) is 53.9 Å². The number of aliphatic hydroxyl groups excluding tert-OH is 3. The minimum atomic E-state index is -1.30. The summed E-state index contributed by atoms with van der Waals surface area (Å²) in [6.07, 6.45) is 11.6. The van der Waals surface area contributed by atoms with Crippen molar-refractivity contribution in [3.8, 4) is 5.75 Å². The summed E-state index contributed by atoms with van der Waals surface area (Å²) in [6.45, 7) is 2.69. The first-order chi connectivity index (χ1) is 36.5. The normalized spacial score (nSPS) is 26.5. The van der Waals surface area contributed by atoms with Gasteiger partial charge >= 0.3 is 17.6 Å². The van der Waals surface area contributed by atoms with Gasteiger partial charge < -0.3 is 38.7 Å². The predicted molar refractivity (Wildman–Crippen MR) is 288 cm³/mol. The van der Waals surface area contributed by atoms with Crippen molar-refractivity contribution in [3.05, 3.63) is 157 Å². The third kappa shape index (κ3) is 10.4. The van der Waals surface area contributed by atoms with Crippen molar-refractivity contribution in [1.82, 2.24) is 0 Å². The van der Waals surface area contributed by atoms with Gasteiger partial charge in [-0.3, -0.25) is 4.79 Å². The molecule has 0 spiro atoms. The fourth-order valence-electron chi connectivity index (χ4n) is 14.3. The molecule has 3 fully saturated rings. The highest BCUT2D eigenvalue weighted by molar-refractivity contribution is 5.90. The Morgan fingerprint density at radius 2 is 1.53 bits per heavy atom. The lowest BCUT2D eigenvalue weighted by atomic mass is 9.64. The summed E-state index contributed by atoms with van der Waals surface area (Å²) < 4.78 is 32.7. The molecule has 3 aliphatic heterocycles. The molecule has 75 heavy (non-hydrogen) atoms. The predicted octanol–water partition coefficient (Wildman–Crippen LogP) is 11.9. The SMILES string of the molecule is COC[C@@H](CCO)c1c(CO)c2ccc3c(c2oc1=O)[C@H]1OC(=O)C[C@@H]2C[C@H](c4cccc(C5(c6ccccc6)CCCCC5)c4)CC[C@H]2c2ccc(cc2)CC/C(=C(\C)CO)C(=O)O[C@@H]1[C@](C)(C1CCCCC1)O3. The fraction of sp³-hybridized carbons (Fsp3) is 0.516. The summed E-state index contributed by atoms with van der Waals surface area (Å²) >= 11 is 0. The van der Waals surface area contributed by atoms with Crippen molar-refractivity contribution in [2.45, 2.75) is 171 Å². The van der Waals surface area contributed by atoms with E-state index in [-0.39, 0.29) is 78.5 Å². The van der Waals surface area contributed by atoms with Crippen LogP contribution in [0.1, 0.15) is 185 Å². The molecule has 11 nitrogen and oxygen atoms in total. The Kier molecular flexibility index (Phi) is 16.2. The number of carbonyl (C=O) groups is 2. The molecule has 3 aliphatic carbocycles. The van der Waals surface area contributed by atoms with Gasteiger partial charge in [-0.05, 0) is 147 Å². The van der Waals surface area contributed by atoms with Crippen molar-refractivity contribution in [2.75, 3.05) is 26.9 Å². The Morgan fingerprint density at radius 3 is 2.25 bits per heavy atom. The van der Waals surface area contributed by atoms with E-state index >= 15 is 9.59 Å². The van der Waals surface area contributed by atoms with Gasteiger partial charge in [0.25, 0.3) is 0 Å². The second kappa shape index (κ2) is 22.9. The molecule has 0 radical (unpaired) electrons. The Balaban J connectivity index is 1.10. The summed E-state index contributed by atoms with van der Waals surface area (Å²) in [5, 5.41) is 32.1. The molecule has 0 amide bonds. The third-order valence-corrected chi connectivity index (χ3v) is 18.4. The standard InChI is InChI=1S/C64H76O11/c1-40(37-66)50-26-22-41-20-23-42(24-21-41)51-27-25-44(43-14-13-19-49(35-43)64(31-11-6-12-32-64)48-17-9-5-10-18-48)34-46(51)36-55(68)72-59-57-54(75-63(2,60(59)74-61(50)69)47-15-7-4-8-16-47)29-28-52-53(38-67)56(62(70)73-58(52)57)45(30-33-65)39-71-3/h5,9-10,13-14,17-21,23-24,28-29,35,44-47,51,59-60,65-67H,4,6-8,11-12,15-16,22,25-27,30-34,36-39H2,1-3H3/b50-40-/t44-,45-,46+,51+,59-,60+,63+/m1/s1. The second-order valence-electron chi connectivity index (χ2n) is 22.7. The van der Waals surface area contributed by atoms with Crippen LogP contribution in [0.3, 0.4) is 0 Å². The molecule has 398 valence electrons. The zero-order valence-electron chi connectivity index (χ0n) is 44.2. The van der Waals surface area contributed by atoms with Gasteiger partial charge in [-0.1, -0.05) is 117 Å². The number of fused-ring (bicyclic) bond motifs is 11. The average Bonchev–Trinajstić information content (AvgIpc) is 3.45. The summed E-state index contributed by atoms with van der Waals surface area (Å²) in [5.41, 5.74) is 5.90. The molecule has 0 unspecified atom stereocenters. The summed E-state index contributed by atoms with van der Waals surface area (Å²) in [4.78, 5) is 44.8. The molecule has 1 aromatic heterocycles. The first kappa shape index (κ1) is 52.8. The Morgan fingerprint density at radius 1 is 0.787 bits per heavy atom. The molecule has 5 aromatic rings. The minimum absolute atomic E-state index is 0.0480. The van der Waals surface area contributed by atoms with Crippen LogP contribution in [0.4, 0.5) is 0 Å². The molecule has 4 aromatic carbocycles. The van der Waals surface area contributed by atoms with Crippen molar-refractivity contribution >= 4 is 22.9 Å². The number of aliphatic hydroxyl groups is 3. The molecule has 0 saturated heterocycles. The van der Waals surface area contributed by atoms with Gasteiger partial charge in [-0.15, -0.1) is 0 Å². The number of esters is 2. The highest BCUT2D eigenvalue weighted by Gasteiger charge is 2.57. The molecular formula is C64H76O11. The molecular weight excluding hydrogens is 945 g/mol. The maximum absolute atomic E-state index is 15.4. The molecule has 3 N–H and O–H groups in total. The van der Waals surface area contributed by atoms with Crippen molar-refractivity contribution in [2.24, 2.45) is 11.8 Å². The zero-order valence-corrected chi connectivity index (χ0v) is 44.2. The van der Waals surface area contributed by atoms with E-state index in [1.54, 1.807) is 19.1 Å². The molecule has 7 atom stereocenters. The lowest BCUT2D eigenvalue weighted by Gasteiger charge is -2.50. The monoisotopic (exact) mass is 1020 g/mol. The number of methoxy groups -OCH3 is 1. The topological polar surface area (TPSA) is 162 Å². The van der Waals surface area contributed by atoms with E-state index in [4.69, 9.17) is 23.4 Å². The number of carbonyl (C=O) groups excluding carboxylic acids is 2. The highest BCUT2D eigenvalue weighted by atomic mass is 16.6. The summed E-state index contributed by atoms with van der Waals surface area (Å²) in [5.74, 6) is -1.31. The quantitative estimate of drug-likeness (QED) is 0.0656. The van der Waals surface area contributed by atoms with Crippen LogP contribution in [0.25, 0.3) is 11.0 Å². The fourth-order valence-corrected chi connectivity index (χ4v) is 14.3. The summed E-state index contributed by atoms with van der Waals surface area (Å²) in [7, 11) is 1.51. The van der Waals surface area contributed by atoms with Crippen LogP contribution >= 0.6 is 0 Å². The maximum Gasteiger partial charge on any atom is 0.340 e. The van der Waals surface area contributed by atoms with Gasteiger partial charge in [-0.25, -0.2) is 9.59 Å². The second-order valence-corrected chi connectivity index (χ2v) is 22.7. The Labute approximate surface area is 441 Å². The Hall–Kier alpha value is -5.59. The maximum atomic E-state index is 15.4. The number of rotatable bonds is 11. The van der Waals surface area contributed by atoms with E-state index < -0.39 is 47.9 Å². The van der Waals surface area contributed by atoms with Crippen LogP contribution in [0, 0.1) is 11.8 Å². The van der Waals surface area contributed by atoms with Crippen LogP contribution in [0.5, 0.6) is 5.75 Å². The smallest absolute Gasteiger partial charge is 0.340 e. The van der Waals surface area contributed by atoms with E-state index in [1.165, 1.54) is 43.1 Å². The van der Waals surface area contributed by atoms with Crippen LogP contribution in [-0.2, 0) is 42.2 Å². The van der Waals surface area contributed by atoms with Gasteiger partial charge in [0.05, 0.1) is 25.4 Å². The third-order valence-electron chi connectivity index (χ3n) is 18.4. The average molecular weight is 1020 g/mol. The summed E-state index contributed by atoms with van der Waals surface area (Å²) in [6, 6.07) is 32.4. The van der Waals surface area contributed by atoms with Crippen LogP contribution < -0.4 is 10.4 Å². The van der Waals surface area contributed by atoms with E-state index in [0.29, 0.717) is 40.7 Å². The van der Waals surface area contributed by atoms with E-state index in [0.717, 1.165) is 75.3 Å². The van der Waals surface area contributed by atoms with Gasteiger partial charge in [0.2, 0.25) is 0 Å². The van der Waals surface area contributed by atoms with Crippen molar-refractivity contribution in [3.63, 3.8) is 0 Å². The van der Waals surface area contributed by atoms with E-state index in [2.05, 4.69) is 78.9 Å². The molecule has 11 heteroatoms. The lowest BCUT2D eigenvalue weighted by Crippen LogP contribution is -2.58. The van der Waals surface area contributed by atoms with Crippen LogP contribution in [-0.4, -0.2) is 65.9 Å². The van der Waals surface area contributed by atoms with Gasteiger partial charge in [0.15, 0.2) is 12.2 Å². The first-order valence-electron chi connectivity index (χ1n) is 28.0. The van der Waals surface area contributed by atoms with Crippen molar-refractivity contribution in [1.29, 1.82) is 0 Å². The highest BCUT2D eigenvalue weighted by Crippen LogP contribution is 2.54. The minimum Gasteiger partial charge on any atom is -0.483 e. The van der Waals surface area contributed by atoms with E-state index in [1.807, 2.05) is 6.92 Å². The number of ether oxygens (including phenoxy) is 4. The van der Waals surface area contributed by atoms with Crippen molar-refractivity contribution < 1.29 is 48.3 Å². The van der Waals surface area contributed by atoms with Crippen LogP contribution in [0.15, 0.2) is 111 Å². The molecule has 11 rings (SSSR count). The zero-order chi connectivity index (χ0) is 52.3. The molecule has 2 bridgehead atoms. The molecule has 3 saturated carbocycles. The van der Waals surface area contributed by atoms with Gasteiger partial charge in [0.1, 0.15) is 16.9 Å². The lowest BCUT2D eigenvalue weighted by molar-refractivity contribution is -0.201. The number of aryl methyl sites for hydroxylation is 1. The van der Waals surface area contributed by atoms with Gasteiger partial charge in [-0.2, -0.15) is 0 Å². The Bertz CT molecular complexity index is 2900.